The summed E-state index contributed by atoms with van der Waals surface area (Å²) in [5.74, 6) is -14.8. The summed E-state index contributed by atoms with van der Waals surface area (Å²) in [6, 6.07) is 8.65. The fraction of sp³-hybridized carbons (Fsp3) is 0.571. The molecule has 0 saturated heterocycles. The molecule has 0 amide bonds. The number of halogens is 10. The Bertz CT molecular complexity index is 749. The molecule has 0 heterocycles. The molecule has 0 aliphatic rings. The van der Waals surface area contributed by atoms with Crippen molar-refractivity contribution in [1.82, 2.24) is 0 Å². The van der Waals surface area contributed by atoms with Gasteiger partial charge in [0.25, 0.3) is 22.6 Å². The quantitative estimate of drug-likeness (QED) is 0.301. The van der Waals surface area contributed by atoms with Gasteiger partial charge in [-0.15, -0.1) is 0 Å². The van der Waals surface area contributed by atoms with E-state index in [-0.39, 0.29) is 0 Å². The number of aryl methyl sites for hydroxylation is 1. The summed E-state index contributed by atoms with van der Waals surface area (Å²) in [6.45, 7) is 2.24. The third-order valence-corrected chi connectivity index (χ3v) is 5.22. The van der Waals surface area contributed by atoms with Gasteiger partial charge < -0.3 is 4.55 Å². The maximum Gasteiger partial charge on any atom is 0.460 e. The molecule has 0 N–H and O–H groups in total. The molecule has 0 aromatic heterocycles. The number of benzene rings is 1. The highest BCUT2D eigenvalue weighted by Crippen LogP contribution is 2.54. The average Bonchev–Trinajstić information content (AvgIpc) is 2.52. The van der Waals surface area contributed by atoms with Crippen LogP contribution in [0.25, 0.3) is 0 Å². The Morgan fingerprint density at radius 2 is 1.39 bits per heavy atom. The van der Waals surface area contributed by atoms with E-state index in [0.717, 1.165) is 0 Å². The molecule has 164 valence electrons. The number of hydrogen-bond donors (Lipinski definition) is 0. The van der Waals surface area contributed by atoms with E-state index >= 15 is 0 Å². The van der Waals surface area contributed by atoms with Gasteiger partial charge in [0.2, 0.25) is 0 Å². The SMILES string of the molecule is CCCCc1ccccc1[IH+].O=S(=O)([O-])C(F)(F)C(F)(F)C(F)(F)C(F)(F)F. The van der Waals surface area contributed by atoms with Crippen LogP contribution in [-0.2, 0) is 16.5 Å². The Hall–Kier alpha value is -0.770. The van der Waals surface area contributed by atoms with Crippen LogP contribution in [0.15, 0.2) is 24.3 Å². The van der Waals surface area contributed by atoms with Gasteiger partial charge in [-0.3, -0.25) is 0 Å². The minimum Gasteiger partial charge on any atom is -0.743 e. The lowest BCUT2D eigenvalue weighted by atomic mass is 10.1. The summed E-state index contributed by atoms with van der Waals surface area (Å²) < 4.78 is 137. The van der Waals surface area contributed by atoms with Gasteiger partial charge in [0.15, 0.2) is 13.7 Å². The molecule has 1 aromatic rings. The zero-order valence-corrected chi connectivity index (χ0v) is 17.0. The maximum atomic E-state index is 12.2. The van der Waals surface area contributed by atoms with E-state index in [1.807, 2.05) is 0 Å². The van der Waals surface area contributed by atoms with Crippen LogP contribution in [0.5, 0.6) is 0 Å². The first-order valence-corrected chi connectivity index (χ1v) is 9.82. The first-order chi connectivity index (χ1) is 12.3. The fourth-order valence-corrected chi connectivity index (χ4v) is 2.75. The lowest BCUT2D eigenvalue weighted by Gasteiger charge is -2.34. The van der Waals surface area contributed by atoms with Gasteiger partial charge in [-0.1, -0.05) is 31.5 Å². The first kappa shape index (κ1) is 27.2. The summed E-state index contributed by atoms with van der Waals surface area (Å²) in [4.78, 5) is 0. The van der Waals surface area contributed by atoms with E-state index in [2.05, 4.69) is 53.8 Å². The van der Waals surface area contributed by atoms with Crippen LogP contribution >= 0.6 is 0 Å². The molecule has 14 heteroatoms. The van der Waals surface area contributed by atoms with Gasteiger partial charge in [-0.2, -0.15) is 39.5 Å². The second-order valence-electron chi connectivity index (χ2n) is 5.33. The summed E-state index contributed by atoms with van der Waals surface area (Å²) in [7, 11) is -7.42. The number of rotatable bonds is 6. The lowest BCUT2D eigenvalue weighted by Crippen LogP contribution is -3.34. The molecule has 0 aliphatic carbocycles. The highest BCUT2D eigenvalue weighted by Gasteiger charge is 2.83. The molecule has 0 unspecified atom stereocenters. The zero-order valence-electron chi connectivity index (χ0n) is 13.9. The third-order valence-electron chi connectivity index (χ3n) is 3.20. The van der Waals surface area contributed by atoms with E-state index < -0.39 is 33.4 Å². The van der Waals surface area contributed by atoms with Crippen molar-refractivity contribution >= 4 is 10.1 Å². The van der Waals surface area contributed by atoms with Crippen molar-refractivity contribution in [1.29, 1.82) is 0 Å². The number of unbranched alkanes of at least 4 members (excludes halogenated alkanes) is 1. The Labute approximate surface area is 168 Å². The van der Waals surface area contributed by atoms with Crippen molar-refractivity contribution in [3.8, 4) is 0 Å². The van der Waals surface area contributed by atoms with Gasteiger partial charge in [0, 0.05) is 5.56 Å². The van der Waals surface area contributed by atoms with Crippen molar-refractivity contribution in [2.75, 3.05) is 0 Å². The topological polar surface area (TPSA) is 57.2 Å². The van der Waals surface area contributed by atoms with E-state index in [1.165, 1.54) is 28.4 Å². The summed E-state index contributed by atoms with van der Waals surface area (Å²) in [5.41, 5.74) is 1.51. The molecule has 0 spiro atoms. The fourth-order valence-electron chi connectivity index (χ4n) is 1.60. The van der Waals surface area contributed by atoms with Crippen LogP contribution in [0.3, 0.4) is 0 Å². The second-order valence-corrected chi connectivity index (χ2v) is 8.01. The molecule has 0 radical (unpaired) electrons. The van der Waals surface area contributed by atoms with Gasteiger partial charge in [-0.05, 0) is 18.9 Å². The maximum absolute atomic E-state index is 12.2. The highest BCUT2D eigenvalue weighted by atomic mass is 127. The standard InChI is InChI=1S/C10H14I.C4HF9O3S/c1-2-3-6-9-7-4-5-8-10(9)11;5-1(6,3(9,10)11)2(7,8)4(12,13)17(14,15)16/h4-5,7-8,11H,2-3,6H2,1H3;(H,14,15,16)/q+1;/p-1. The molecule has 0 saturated carbocycles. The highest BCUT2D eigenvalue weighted by molar-refractivity contribution is 7.86. The van der Waals surface area contributed by atoms with Crippen LogP contribution < -0.4 is 22.6 Å². The first-order valence-electron chi connectivity index (χ1n) is 7.25. The van der Waals surface area contributed by atoms with Crippen LogP contribution in [0.4, 0.5) is 39.5 Å². The normalized spacial score (nSPS) is 13.7. The zero-order chi connectivity index (χ0) is 22.6. The van der Waals surface area contributed by atoms with Crippen molar-refractivity contribution in [3.05, 3.63) is 33.4 Å². The molecule has 3 nitrogen and oxygen atoms in total. The van der Waals surface area contributed by atoms with E-state index in [1.54, 1.807) is 0 Å². The average molecular weight is 560 g/mol. The van der Waals surface area contributed by atoms with Gasteiger partial charge >= 0.3 is 23.3 Å². The molecular weight excluding hydrogens is 546 g/mol. The van der Waals surface area contributed by atoms with Gasteiger partial charge in [-0.25, -0.2) is 8.42 Å². The lowest BCUT2D eigenvalue weighted by molar-refractivity contribution is -0.382. The Morgan fingerprint density at radius 1 is 0.929 bits per heavy atom. The monoisotopic (exact) mass is 560 g/mol. The van der Waals surface area contributed by atoms with Crippen molar-refractivity contribution in [2.24, 2.45) is 0 Å². The Morgan fingerprint density at radius 3 is 1.75 bits per heavy atom. The third kappa shape index (κ3) is 5.87. The van der Waals surface area contributed by atoms with Crippen molar-refractivity contribution < 1.29 is 75.1 Å². The van der Waals surface area contributed by atoms with E-state index in [0.29, 0.717) is 0 Å². The van der Waals surface area contributed by atoms with Crippen LogP contribution in [0, 0.1) is 3.57 Å². The minimum atomic E-state index is -7.43. The van der Waals surface area contributed by atoms with Crippen molar-refractivity contribution in [2.45, 2.75) is 49.5 Å². The van der Waals surface area contributed by atoms with E-state index in [9.17, 15) is 52.5 Å². The van der Waals surface area contributed by atoms with Crippen molar-refractivity contribution in [3.63, 3.8) is 0 Å². The summed E-state index contributed by atoms with van der Waals surface area (Å²) >= 11 is 2.11. The molecule has 1 rings (SSSR count). The number of hydrogen-bond acceptors (Lipinski definition) is 3. The molecule has 0 atom stereocenters. The van der Waals surface area contributed by atoms with E-state index in [4.69, 9.17) is 0 Å². The second kappa shape index (κ2) is 9.36. The largest absolute Gasteiger partial charge is 0.743 e. The van der Waals surface area contributed by atoms with Gasteiger partial charge in [0.1, 0.15) is 0 Å². The Balaban J connectivity index is 0.000000567. The summed E-state index contributed by atoms with van der Waals surface area (Å²) in [5, 5.41) is -7.11. The summed E-state index contributed by atoms with van der Waals surface area (Å²) in [6.07, 6.45) is -3.32. The molecule has 0 bridgehead atoms. The van der Waals surface area contributed by atoms with Crippen LogP contribution in [0.2, 0.25) is 0 Å². The van der Waals surface area contributed by atoms with Crippen LogP contribution in [0.1, 0.15) is 25.3 Å². The van der Waals surface area contributed by atoms with Gasteiger partial charge in [0.05, 0.1) is 0 Å². The number of alkyl halides is 9. The molecular formula is C14H14F9IO3S. The van der Waals surface area contributed by atoms with Crippen LogP contribution in [-0.4, -0.2) is 36.2 Å². The molecule has 28 heavy (non-hydrogen) atoms. The predicted molar refractivity (Wildman–Crippen MR) is 75.7 cm³/mol. The Kier molecular flexibility index (Phi) is 9.11. The smallest absolute Gasteiger partial charge is 0.460 e. The molecule has 1 aromatic carbocycles. The molecule has 0 aliphatic heterocycles. The molecule has 0 fully saturated rings. The predicted octanol–water partition coefficient (Wildman–Crippen LogP) is 1.44. The minimum absolute atomic E-state index is 1.24.